The second-order valence-corrected chi connectivity index (χ2v) is 5.67. The quantitative estimate of drug-likeness (QED) is 0.364. The highest BCUT2D eigenvalue weighted by Crippen LogP contribution is 2.22. The highest BCUT2D eigenvalue weighted by Gasteiger charge is 1.99. The summed E-state index contributed by atoms with van der Waals surface area (Å²) in [5.74, 6) is 0.963. The van der Waals surface area contributed by atoms with E-state index in [0.717, 1.165) is 30.8 Å². The first kappa shape index (κ1) is 16.4. The average molecular weight is 294 g/mol. The summed E-state index contributed by atoms with van der Waals surface area (Å²) in [4.78, 5) is 0. The number of allylic oxidation sites excluding steroid dienone is 1. The van der Waals surface area contributed by atoms with Crippen molar-refractivity contribution in [1.29, 1.82) is 0 Å². The number of hydrogen-bond acceptors (Lipinski definition) is 1. The summed E-state index contributed by atoms with van der Waals surface area (Å²) < 4.78 is 5.86. The lowest BCUT2D eigenvalue weighted by Gasteiger charge is -2.08. The molecule has 22 heavy (non-hydrogen) atoms. The molecule has 0 saturated heterocycles. The van der Waals surface area contributed by atoms with Crippen LogP contribution in [0.1, 0.15) is 44.1 Å². The van der Waals surface area contributed by atoms with E-state index in [-0.39, 0.29) is 0 Å². The molecule has 0 aromatic heterocycles. The lowest BCUT2D eigenvalue weighted by molar-refractivity contribution is 0.305. The van der Waals surface area contributed by atoms with Gasteiger partial charge in [-0.25, -0.2) is 0 Å². The second-order valence-electron chi connectivity index (χ2n) is 5.67. The molecular weight excluding hydrogens is 268 g/mol. The third kappa shape index (κ3) is 5.07. The number of rotatable bonds is 10. The fraction of sp³-hybridized carbons (Fsp3) is 0.333. The summed E-state index contributed by atoms with van der Waals surface area (Å²) in [5.41, 5.74) is 1.15. The van der Waals surface area contributed by atoms with Crippen LogP contribution < -0.4 is 4.74 Å². The predicted octanol–water partition coefficient (Wildman–Crippen LogP) is 6.39. The molecule has 0 atom stereocenters. The Labute approximate surface area is 134 Å². The van der Waals surface area contributed by atoms with Gasteiger partial charge in [-0.1, -0.05) is 56.2 Å². The van der Waals surface area contributed by atoms with Crippen molar-refractivity contribution in [3.05, 3.63) is 61.2 Å². The molecule has 2 rings (SSSR count). The first-order chi connectivity index (χ1) is 10.8. The summed E-state index contributed by atoms with van der Waals surface area (Å²) in [5, 5.41) is 2.44. The van der Waals surface area contributed by atoms with Crippen molar-refractivity contribution in [1.82, 2.24) is 0 Å². The lowest BCUT2D eigenvalue weighted by Crippen LogP contribution is -1.97. The van der Waals surface area contributed by atoms with Gasteiger partial charge < -0.3 is 4.74 Å². The van der Waals surface area contributed by atoms with Crippen LogP contribution in [0.5, 0.6) is 5.75 Å². The van der Waals surface area contributed by atoms with Gasteiger partial charge in [-0.3, -0.25) is 0 Å². The van der Waals surface area contributed by atoms with E-state index in [1.54, 1.807) is 0 Å². The highest BCUT2D eigenvalue weighted by molar-refractivity contribution is 5.85. The van der Waals surface area contributed by atoms with Crippen LogP contribution in [-0.2, 0) is 0 Å². The molecule has 0 unspecified atom stereocenters. The van der Waals surface area contributed by atoms with E-state index in [1.807, 2.05) is 12.2 Å². The number of unbranched alkanes of at least 4 members (excludes halogenated alkanes) is 5. The van der Waals surface area contributed by atoms with Gasteiger partial charge in [0.15, 0.2) is 0 Å². The molecule has 1 heteroatoms. The zero-order chi connectivity index (χ0) is 15.6. The second kappa shape index (κ2) is 9.09. The third-order valence-corrected chi connectivity index (χ3v) is 3.89. The maximum Gasteiger partial charge on any atom is 0.119 e. The number of fused-ring (bicyclic) bond motifs is 1. The third-order valence-electron chi connectivity index (χ3n) is 3.89. The molecule has 0 bridgehead atoms. The van der Waals surface area contributed by atoms with Gasteiger partial charge in [-0.05, 0) is 53.8 Å². The summed E-state index contributed by atoms with van der Waals surface area (Å²) in [7, 11) is 0. The Kier molecular flexibility index (Phi) is 6.76. The largest absolute Gasteiger partial charge is 0.494 e. The minimum atomic E-state index is 0.803. The molecule has 0 aliphatic carbocycles. The van der Waals surface area contributed by atoms with Crippen molar-refractivity contribution in [3.8, 4) is 5.75 Å². The summed E-state index contributed by atoms with van der Waals surface area (Å²) in [6.07, 6.45) is 11.2. The topological polar surface area (TPSA) is 9.23 Å². The zero-order valence-corrected chi connectivity index (χ0v) is 13.4. The van der Waals surface area contributed by atoms with Crippen LogP contribution in [0.2, 0.25) is 0 Å². The SMILES string of the molecule is C=CCCCCCCCOc1ccc2cc(C=C)ccc2c1. The summed E-state index contributed by atoms with van der Waals surface area (Å²) in [6, 6.07) is 12.6. The first-order valence-corrected chi connectivity index (χ1v) is 8.23. The van der Waals surface area contributed by atoms with Crippen LogP contribution in [0.3, 0.4) is 0 Å². The Morgan fingerprint density at radius 2 is 1.55 bits per heavy atom. The molecule has 0 radical (unpaired) electrons. The van der Waals surface area contributed by atoms with Crippen molar-refractivity contribution >= 4 is 16.8 Å². The smallest absolute Gasteiger partial charge is 0.119 e. The van der Waals surface area contributed by atoms with Gasteiger partial charge in [-0.2, -0.15) is 0 Å². The van der Waals surface area contributed by atoms with Crippen LogP contribution in [0, 0.1) is 0 Å². The zero-order valence-electron chi connectivity index (χ0n) is 13.4. The summed E-state index contributed by atoms with van der Waals surface area (Å²) in [6.45, 7) is 8.36. The normalized spacial score (nSPS) is 10.5. The molecule has 0 aliphatic heterocycles. The Bertz CT molecular complexity index is 612. The molecule has 2 aromatic rings. The Morgan fingerprint density at radius 1 is 0.818 bits per heavy atom. The lowest BCUT2D eigenvalue weighted by atomic mass is 10.1. The van der Waals surface area contributed by atoms with Gasteiger partial charge in [0.25, 0.3) is 0 Å². The number of ether oxygens (including phenoxy) is 1. The molecule has 0 fully saturated rings. The molecule has 0 saturated carbocycles. The molecular formula is C21H26O. The van der Waals surface area contributed by atoms with Crippen LogP contribution in [0.25, 0.3) is 16.8 Å². The Morgan fingerprint density at radius 3 is 2.36 bits per heavy atom. The van der Waals surface area contributed by atoms with Gasteiger partial charge >= 0.3 is 0 Å². The molecule has 0 N–H and O–H groups in total. The van der Waals surface area contributed by atoms with E-state index < -0.39 is 0 Å². The average Bonchev–Trinajstić information content (AvgIpc) is 2.56. The van der Waals surface area contributed by atoms with E-state index in [9.17, 15) is 0 Å². The van der Waals surface area contributed by atoms with Crippen LogP contribution in [-0.4, -0.2) is 6.61 Å². The summed E-state index contributed by atoms with van der Waals surface area (Å²) >= 11 is 0. The Balaban J connectivity index is 1.75. The molecule has 0 heterocycles. The van der Waals surface area contributed by atoms with Crippen LogP contribution in [0.4, 0.5) is 0 Å². The monoisotopic (exact) mass is 294 g/mol. The van der Waals surface area contributed by atoms with E-state index in [1.165, 1.54) is 36.5 Å². The van der Waals surface area contributed by atoms with Crippen molar-refractivity contribution in [2.45, 2.75) is 38.5 Å². The maximum absolute atomic E-state index is 5.86. The molecule has 2 aromatic carbocycles. The van der Waals surface area contributed by atoms with Gasteiger partial charge in [0.1, 0.15) is 5.75 Å². The van der Waals surface area contributed by atoms with Gasteiger partial charge in [0, 0.05) is 0 Å². The fourth-order valence-corrected chi connectivity index (χ4v) is 2.57. The van der Waals surface area contributed by atoms with Crippen molar-refractivity contribution in [2.75, 3.05) is 6.61 Å². The van der Waals surface area contributed by atoms with Gasteiger partial charge in [0.2, 0.25) is 0 Å². The fourth-order valence-electron chi connectivity index (χ4n) is 2.57. The predicted molar refractivity (Wildman–Crippen MR) is 97.4 cm³/mol. The van der Waals surface area contributed by atoms with E-state index >= 15 is 0 Å². The maximum atomic E-state index is 5.86. The van der Waals surface area contributed by atoms with Crippen LogP contribution >= 0.6 is 0 Å². The molecule has 0 spiro atoms. The van der Waals surface area contributed by atoms with Gasteiger partial charge in [-0.15, -0.1) is 6.58 Å². The van der Waals surface area contributed by atoms with E-state index in [2.05, 4.69) is 49.6 Å². The van der Waals surface area contributed by atoms with Crippen molar-refractivity contribution in [3.63, 3.8) is 0 Å². The minimum absolute atomic E-state index is 0.803. The Hall–Kier alpha value is -2.02. The van der Waals surface area contributed by atoms with Crippen LogP contribution in [0.15, 0.2) is 55.6 Å². The molecule has 1 nitrogen and oxygen atoms in total. The number of hydrogen-bond donors (Lipinski definition) is 0. The van der Waals surface area contributed by atoms with Crippen molar-refractivity contribution < 1.29 is 4.74 Å². The first-order valence-electron chi connectivity index (χ1n) is 8.23. The molecule has 0 aliphatic rings. The van der Waals surface area contributed by atoms with Crippen molar-refractivity contribution in [2.24, 2.45) is 0 Å². The molecule has 0 amide bonds. The number of benzene rings is 2. The standard InChI is InChI=1S/C21H26O/c1-3-5-6-7-8-9-10-15-22-21-14-13-19-16-18(4-2)11-12-20(19)17-21/h3-4,11-14,16-17H,1-2,5-10,15H2. The minimum Gasteiger partial charge on any atom is -0.494 e. The van der Waals surface area contributed by atoms with Gasteiger partial charge in [0.05, 0.1) is 6.61 Å². The molecule has 116 valence electrons. The van der Waals surface area contributed by atoms with E-state index in [0.29, 0.717) is 0 Å². The highest BCUT2D eigenvalue weighted by atomic mass is 16.5. The van der Waals surface area contributed by atoms with E-state index in [4.69, 9.17) is 4.74 Å².